The minimum Gasteiger partial charge on any atom is -0.496 e. The topological polar surface area (TPSA) is 49.8 Å². The van der Waals surface area contributed by atoms with Crippen molar-refractivity contribution in [2.24, 2.45) is 5.92 Å². The highest BCUT2D eigenvalue weighted by Gasteiger charge is 2.28. The molecule has 1 N–H and O–H groups in total. The molecule has 0 bridgehead atoms. The lowest BCUT2D eigenvalue weighted by Crippen LogP contribution is -2.28. The second-order valence-corrected chi connectivity index (χ2v) is 4.65. The Balaban J connectivity index is 1.93. The molecule has 18 heavy (non-hydrogen) atoms. The summed E-state index contributed by atoms with van der Waals surface area (Å²) >= 11 is 0. The minimum atomic E-state index is 0.0941. The average Bonchev–Trinajstić information content (AvgIpc) is 2.77. The largest absolute Gasteiger partial charge is 0.496 e. The maximum absolute atomic E-state index is 11.7. The number of aliphatic hydroxyl groups excluding tert-OH is 1. The quantitative estimate of drug-likeness (QED) is 0.849. The normalized spacial score (nSPS) is 19.3. The maximum Gasteiger partial charge on any atom is 0.223 e. The van der Waals surface area contributed by atoms with Crippen LogP contribution in [0.15, 0.2) is 24.3 Å². The van der Waals surface area contributed by atoms with Crippen LogP contribution >= 0.6 is 0 Å². The predicted octanol–water partition coefficient (Wildman–Crippen LogP) is 1.08. The van der Waals surface area contributed by atoms with Crippen LogP contribution in [0.25, 0.3) is 0 Å². The van der Waals surface area contributed by atoms with Crippen molar-refractivity contribution in [1.29, 1.82) is 0 Å². The van der Waals surface area contributed by atoms with Gasteiger partial charge in [0.15, 0.2) is 0 Å². The fraction of sp³-hybridized carbons (Fsp3) is 0.500. The van der Waals surface area contributed by atoms with Gasteiger partial charge in [0, 0.05) is 32.0 Å². The standard InChI is InChI=1S/C14H19NO3/c1-18-13-5-3-2-4-12(13)6-7-15-9-11(10-16)8-14(15)17/h2-5,11,16H,6-10H2,1H3. The first-order chi connectivity index (χ1) is 8.74. The molecule has 0 aliphatic carbocycles. The Hall–Kier alpha value is -1.55. The highest BCUT2D eigenvalue weighted by atomic mass is 16.5. The third kappa shape index (κ3) is 2.82. The Morgan fingerprint density at radius 3 is 2.89 bits per heavy atom. The molecule has 0 saturated carbocycles. The number of ether oxygens (including phenoxy) is 1. The molecule has 4 heteroatoms. The van der Waals surface area contributed by atoms with Gasteiger partial charge in [0.05, 0.1) is 7.11 Å². The monoisotopic (exact) mass is 249 g/mol. The summed E-state index contributed by atoms with van der Waals surface area (Å²) in [6.07, 6.45) is 1.26. The molecule has 2 rings (SSSR count). The van der Waals surface area contributed by atoms with E-state index >= 15 is 0 Å². The lowest BCUT2D eigenvalue weighted by molar-refractivity contribution is -0.127. The number of likely N-dealkylation sites (tertiary alicyclic amines) is 1. The van der Waals surface area contributed by atoms with Crippen LogP contribution in [0.4, 0.5) is 0 Å². The number of carbonyl (C=O) groups is 1. The van der Waals surface area contributed by atoms with Gasteiger partial charge >= 0.3 is 0 Å². The molecule has 1 aliphatic heterocycles. The number of benzene rings is 1. The van der Waals surface area contributed by atoms with E-state index in [1.54, 1.807) is 7.11 Å². The first-order valence-electron chi connectivity index (χ1n) is 6.25. The smallest absolute Gasteiger partial charge is 0.223 e. The summed E-state index contributed by atoms with van der Waals surface area (Å²) in [5.41, 5.74) is 1.11. The Kier molecular flexibility index (Phi) is 4.20. The van der Waals surface area contributed by atoms with Gasteiger partial charge in [-0.2, -0.15) is 0 Å². The number of nitrogens with zero attached hydrogens (tertiary/aromatic N) is 1. The molecule has 1 unspecified atom stereocenters. The van der Waals surface area contributed by atoms with E-state index in [4.69, 9.17) is 9.84 Å². The molecule has 1 atom stereocenters. The second kappa shape index (κ2) is 5.87. The third-order valence-electron chi connectivity index (χ3n) is 3.40. The van der Waals surface area contributed by atoms with Gasteiger partial charge in [0.25, 0.3) is 0 Å². The SMILES string of the molecule is COc1ccccc1CCN1CC(CO)CC1=O. The van der Waals surface area contributed by atoms with E-state index < -0.39 is 0 Å². The molecule has 1 aliphatic rings. The number of para-hydroxylation sites is 1. The molecule has 1 fully saturated rings. The number of amides is 1. The first-order valence-corrected chi connectivity index (χ1v) is 6.25. The molecule has 1 heterocycles. The van der Waals surface area contributed by atoms with Crippen LogP contribution in [0.1, 0.15) is 12.0 Å². The highest BCUT2D eigenvalue weighted by Crippen LogP contribution is 2.21. The molecule has 4 nitrogen and oxygen atoms in total. The molecule has 98 valence electrons. The molecule has 1 aromatic rings. The van der Waals surface area contributed by atoms with Crippen molar-refractivity contribution < 1.29 is 14.6 Å². The Morgan fingerprint density at radius 1 is 1.44 bits per heavy atom. The van der Waals surface area contributed by atoms with Crippen LogP contribution in [-0.4, -0.2) is 42.7 Å². The molecule has 0 spiro atoms. The zero-order valence-corrected chi connectivity index (χ0v) is 10.6. The van der Waals surface area contributed by atoms with Crippen molar-refractivity contribution in [3.8, 4) is 5.75 Å². The van der Waals surface area contributed by atoms with Crippen molar-refractivity contribution >= 4 is 5.91 Å². The predicted molar refractivity (Wildman–Crippen MR) is 68.5 cm³/mol. The summed E-state index contributed by atoms with van der Waals surface area (Å²) in [5, 5.41) is 9.07. The Morgan fingerprint density at radius 2 is 2.22 bits per heavy atom. The van der Waals surface area contributed by atoms with Crippen LogP contribution in [0, 0.1) is 5.92 Å². The summed E-state index contributed by atoms with van der Waals surface area (Å²) in [6.45, 7) is 1.46. The summed E-state index contributed by atoms with van der Waals surface area (Å²) in [6, 6.07) is 7.85. The van der Waals surface area contributed by atoms with Crippen LogP contribution in [0.2, 0.25) is 0 Å². The first kappa shape index (κ1) is 12.9. The van der Waals surface area contributed by atoms with Crippen LogP contribution in [-0.2, 0) is 11.2 Å². The van der Waals surface area contributed by atoms with Gasteiger partial charge in [-0.3, -0.25) is 4.79 Å². The van der Waals surface area contributed by atoms with Gasteiger partial charge in [0.1, 0.15) is 5.75 Å². The summed E-state index contributed by atoms with van der Waals surface area (Å²) in [7, 11) is 1.65. The van der Waals surface area contributed by atoms with Gasteiger partial charge in [-0.15, -0.1) is 0 Å². The number of rotatable bonds is 5. The number of methoxy groups -OCH3 is 1. The van der Waals surface area contributed by atoms with E-state index in [-0.39, 0.29) is 18.4 Å². The number of hydrogen-bond acceptors (Lipinski definition) is 3. The fourth-order valence-electron chi connectivity index (χ4n) is 2.36. The summed E-state index contributed by atoms with van der Waals surface area (Å²) < 4.78 is 5.29. The average molecular weight is 249 g/mol. The maximum atomic E-state index is 11.7. The van der Waals surface area contributed by atoms with Crippen LogP contribution in [0.5, 0.6) is 5.75 Å². The Labute approximate surface area is 107 Å². The van der Waals surface area contributed by atoms with Gasteiger partial charge < -0.3 is 14.7 Å². The highest BCUT2D eigenvalue weighted by molar-refractivity contribution is 5.78. The minimum absolute atomic E-state index is 0.0941. The molecule has 1 aromatic carbocycles. The van der Waals surface area contributed by atoms with E-state index in [2.05, 4.69) is 0 Å². The molecule has 1 saturated heterocycles. The van der Waals surface area contributed by atoms with Crippen molar-refractivity contribution in [2.45, 2.75) is 12.8 Å². The van der Waals surface area contributed by atoms with Crippen molar-refractivity contribution in [1.82, 2.24) is 4.90 Å². The second-order valence-electron chi connectivity index (χ2n) is 4.65. The van der Waals surface area contributed by atoms with E-state index in [1.807, 2.05) is 29.2 Å². The lowest BCUT2D eigenvalue weighted by Gasteiger charge is -2.17. The van der Waals surface area contributed by atoms with Crippen molar-refractivity contribution in [3.05, 3.63) is 29.8 Å². The zero-order valence-electron chi connectivity index (χ0n) is 10.6. The lowest BCUT2D eigenvalue weighted by atomic mass is 10.1. The zero-order chi connectivity index (χ0) is 13.0. The van der Waals surface area contributed by atoms with Gasteiger partial charge in [0.2, 0.25) is 5.91 Å². The molecular formula is C14H19NO3. The molecule has 0 aromatic heterocycles. The number of aliphatic hydroxyl groups is 1. The third-order valence-corrected chi connectivity index (χ3v) is 3.40. The summed E-state index contributed by atoms with van der Waals surface area (Å²) in [4.78, 5) is 13.5. The molecule has 0 radical (unpaired) electrons. The van der Waals surface area contributed by atoms with Crippen LogP contribution < -0.4 is 4.74 Å². The van der Waals surface area contributed by atoms with E-state index in [0.717, 1.165) is 17.7 Å². The molecular weight excluding hydrogens is 230 g/mol. The number of carbonyl (C=O) groups excluding carboxylic acids is 1. The van der Waals surface area contributed by atoms with Crippen LogP contribution in [0.3, 0.4) is 0 Å². The summed E-state index contributed by atoms with van der Waals surface area (Å²) in [5.74, 6) is 1.11. The van der Waals surface area contributed by atoms with Gasteiger partial charge in [-0.25, -0.2) is 0 Å². The van der Waals surface area contributed by atoms with Crippen molar-refractivity contribution in [3.63, 3.8) is 0 Å². The van der Waals surface area contributed by atoms with E-state index in [1.165, 1.54) is 0 Å². The van der Waals surface area contributed by atoms with Gasteiger partial charge in [-0.05, 0) is 18.1 Å². The number of hydrogen-bond donors (Lipinski definition) is 1. The van der Waals surface area contributed by atoms with Gasteiger partial charge in [-0.1, -0.05) is 18.2 Å². The van der Waals surface area contributed by atoms with Crippen molar-refractivity contribution in [2.75, 3.05) is 26.8 Å². The Bertz CT molecular complexity index is 419. The fourth-order valence-corrected chi connectivity index (χ4v) is 2.36. The van der Waals surface area contributed by atoms with E-state index in [9.17, 15) is 4.79 Å². The van der Waals surface area contributed by atoms with E-state index in [0.29, 0.717) is 19.5 Å². The molecule has 1 amide bonds.